The van der Waals surface area contributed by atoms with Crippen LogP contribution >= 0.6 is 39.0 Å². The molecule has 12 heteroatoms. The van der Waals surface area contributed by atoms with Crippen molar-refractivity contribution in [3.63, 3.8) is 0 Å². The Kier molecular flexibility index (Phi) is 8.39. The molecule has 2 aromatic carbocycles. The number of amides is 1. The maximum atomic E-state index is 13.3. The monoisotopic (exact) mass is 590 g/mol. The first-order valence-electron chi connectivity index (χ1n) is 10.5. The lowest BCUT2D eigenvalue weighted by atomic mass is 10.0. The van der Waals surface area contributed by atoms with Gasteiger partial charge in [-0.15, -0.1) is 21.5 Å². The van der Waals surface area contributed by atoms with Gasteiger partial charge in [0.1, 0.15) is 28.7 Å². The lowest BCUT2D eigenvalue weighted by Crippen LogP contribution is -2.16. The van der Waals surface area contributed by atoms with Crippen LogP contribution in [0.1, 0.15) is 16.2 Å². The molecule has 0 aliphatic carbocycles. The summed E-state index contributed by atoms with van der Waals surface area (Å²) in [5, 5.41) is 13.7. The number of esters is 1. The van der Waals surface area contributed by atoms with E-state index >= 15 is 0 Å². The number of ether oxygens (including phenoxy) is 2. The van der Waals surface area contributed by atoms with Crippen molar-refractivity contribution in [3.8, 4) is 16.9 Å². The highest BCUT2D eigenvalue weighted by Gasteiger charge is 2.23. The Hall–Kier alpha value is -3.22. The minimum Gasteiger partial charge on any atom is -0.486 e. The van der Waals surface area contributed by atoms with Gasteiger partial charge in [0, 0.05) is 22.5 Å². The topological polar surface area (TPSA) is 95.3 Å². The molecule has 0 fully saturated rings. The molecule has 0 saturated carbocycles. The van der Waals surface area contributed by atoms with E-state index in [2.05, 4.69) is 31.4 Å². The fraction of sp³-hybridized carbons (Fsp3) is 0.167. The van der Waals surface area contributed by atoms with Crippen LogP contribution in [0.3, 0.4) is 0 Å². The molecule has 1 amide bonds. The SMILES string of the molecule is COC(=O)c1c(-c2ccc(F)cc2)csc1NC(=O)CSc1nnc(COc2ccc(Br)cc2)n1C. The predicted molar refractivity (Wildman–Crippen MR) is 140 cm³/mol. The number of methoxy groups -OCH3 is 1. The van der Waals surface area contributed by atoms with E-state index in [1.54, 1.807) is 29.1 Å². The van der Waals surface area contributed by atoms with Crippen molar-refractivity contribution in [2.45, 2.75) is 11.8 Å². The Balaban J connectivity index is 1.39. The number of rotatable bonds is 9. The van der Waals surface area contributed by atoms with Gasteiger partial charge in [0.05, 0.1) is 12.9 Å². The summed E-state index contributed by atoms with van der Waals surface area (Å²) in [6, 6.07) is 13.2. The van der Waals surface area contributed by atoms with Crippen LogP contribution in [0.5, 0.6) is 5.75 Å². The van der Waals surface area contributed by atoms with Crippen LogP contribution in [-0.4, -0.2) is 39.5 Å². The maximum Gasteiger partial charge on any atom is 0.341 e. The molecule has 0 aliphatic heterocycles. The molecule has 36 heavy (non-hydrogen) atoms. The van der Waals surface area contributed by atoms with E-state index in [1.165, 1.54) is 42.3 Å². The van der Waals surface area contributed by atoms with Crippen molar-refractivity contribution >= 4 is 55.9 Å². The minimum atomic E-state index is -0.595. The average Bonchev–Trinajstić information content (AvgIpc) is 3.45. The maximum absolute atomic E-state index is 13.3. The molecule has 0 saturated heterocycles. The Labute approximate surface area is 223 Å². The Bertz CT molecular complexity index is 1370. The van der Waals surface area contributed by atoms with E-state index < -0.39 is 5.97 Å². The van der Waals surface area contributed by atoms with E-state index in [4.69, 9.17) is 9.47 Å². The van der Waals surface area contributed by atoms with Gasteiger partial charge in [0.2, 0.25) is 5.91 Å². The third-order valence-corrected chi connectivity index (χ3v) is 7.47. The van der Waals surface area contributed by atoms with Crippen molar-refractivity contribution in [1.82, 2.24) is 14.8 Å². The van der Waals surface area contributed by atoms with Gasteiger partial charge in [-0.3, -0.25) is 4.79 Å². The molecule has 0 aliphatic rings. The zero-order valence-corrected chi connectivity index (χ0v) is 22.4. The number of halogens is 2. The van der Waals surface area contributed by atoms with Crippen LogP contribution in [-0.2, 0) is 23.2 Å². The summed E-state index contributed by atoms with van der Waals surface area (Å²) in [4.78, 5) is 25.1. The smallest absolute Gasteiger partial charge is 0.341 e. The van der Waals surface area contributed by atoms with Crippen LogP contribution in [0.2, 0.25) is 0 Å². The summed E-state index contributed by atoms with van der Waals surface area (Å²) in [6.07, 6.45) is 0. The van der Waals surface area contributed by atoms with Crippen molar-refractivity contribution in [2.24, 2.45) is 7.05 Å². The van der Waals surface area contributed by atoms with Gasteiger partial charge in [0.25, 0.3) is 0 Å². The third kappa shape index (κ3) is 6.12. The molecule has 0 atom stereocenters. The Morgan fingerprint density at radius 3 is 2.56 bits per heavy atom. The minimum absolute atomic E-state index is 0.0456. The largest absolute Gasteiger partial charge is 0.486 e. The normalized spacial score (nSPS) is 10.8. The number of hydrogen-bond donors (Lipinski definition) is 1. The zero-order valence-electron chi connectivity index (χ0n) is 19.2. The summed E-state index contributed by atoms with van der Waals surface area (Å²) in [5.41, 5.74) is 1.41. The molecule has 8 nitrogen and oxygen atoms in total. The molecule has 1 N–H and O–H groups in total. The van der Waals surface area contributed by atoms with Crippen LogP contribution in [0, 0.1) is 5.82 Å². The fourth-order valence-corrected chi connectivity index (χ4v) is 5.13. The van der Waals surface area contributed by atoms with Gasteiger partial charge >= 0.3 is 5.97 Å². The van der Waals surface area contributed by atoms with Gasteiger partial charge in [-0.2, -0.15) is 0 Å². The van der Waals surface area contributed by atoms with Gasteiger partial charge in [-0.25, -0.2) is 9.18 Å². The van der Waals surface area contributed by atoms with Crippen LogP contribution in [0.25, 0.3) is 11.1 Å². The number of hydrogen-bond acceptors (Lipinski definition) is 8. The van der Waals surface area contributed by atoms with Crippen LogP contribution < -0.4 is 10.1 Å². The molecule has 0 radical (unpaired) electrons. The van der Waals surface area contributed by atoms with Crippen molar-refractivity contribution in [1.29, 1.82) is 0 Å². The molecule has 2 heterocycles. The number of thiophene rings is 1. The molecular formula is C24H20BrFN4O4S2. The Morgan fingerprint density at radius 1 is 1.14 bits per heavy atom. The number of benzene rings is 2. The zero-order chi connectivity index (χ0) is 25.7. The molecule has 186 valence electrons. The van der Waals surface area contributed by atoms with Crippen molar-refractivity contribution in [3.05, 3.63) is 75.6 Å². The van der Waals surface area contributed by atoms with E-state index in [9.17, 15) is 14.0 Å². The van der Waals surface area contributed by atoms with E-state index in [-0.39, 0.29) is 29.6 Å². The second kappa shape index (κ2) is 11.7. The molecule has 4 aromatic rings. The highest BCUT2D eigenvalue weighted by molar-refractivity contribution is 9.10. The van der Waals surface area contributed by atoms with E-state index in [0.29, 0.717) is 32.9 Å². The molecule has 4 rings (SSSR count). The first-order valence-corrected chi connectivity index (χ1v) is 13.2. The first-order chi connectivity index (χ1) is 17.4. The molecule has 0 unspecified atom stereocenters. The summed E-state index contributed by atoms with van der Waals surface area (Å²) in [6.45, 7) is 0.224. The first kappa shape index (κ1) is 25.9. The Morgan fingerprint density at radius 2 is 1.86 bits per heavy atom. The molecule has 0 bridgehead atoms. The second-order valence-corrected chi connectivity index (χ2v) is 10.1. The van der Waals surface area contributed by atoms with Gasteiger partial charge < -0.3 is 19.4 Å². The summed E-state index contributed by atoms with van der Waals surface area (Å²) >= 11 is 5.78. The number of thioether (sulfide) groups is 1. The molecule has 2 aromatic heterocycles. The molecule has 0 spiro atoms. The summed E-state index contributed by atoms with van der Waals surface area (Å²) in [7, 11) is 3.06. The number of nitrogens with zero attached hydrogens (tertiary/aromatic N) is 3. The number of nitrogens with one attached hydrogen (secondary N) is 1. The van der Waals surface area contributed by atoms with Crippen LogP contribution in [0.4, 0.5) is 9.39 Å². The summed E-state index contributed by atoms with van der Waals surface area (Å²) < 4.78 is 26.7. The number of aromatic nitrogens is 3. The second-order valence-electron chi connectivity index (χ2n) is 7.39. The quantitative estimate of drug-likeness (QED) is 0.202. The third-order valence-electron chi connectivity index (χ3n) is 5.03. The van der Waals surface area contributed by atoms with Gasteiger partial charge in [-0.1, -0.05) is 39.8 Å². The average molecular weight is 591 g/mol. The lowest BCUT2D eigenvalue weighted by molar-refractivity contribution is -0.113. The van der Waals surface area contributed by atoms with E-state index in [1.807, 2.05) is 24.3 Å². The van der Waals surface area contributed by atoms with Crippen molar-refractivity contribution in [2.75, 3.05) is 18.2 Å². The van der Waals surface area contributed by atoms with E-state index in [0.717, 1.165) is 4.47 Å². The highest BCUT2D eigenvalue weighted by Crippen LogP contribution is 2.36. The predicted octanol–water partition coefficient (Wildman–Crippen LogP) is 5.54. The lowest BCUT2D eigenvalue weighted by Gasteiger charge is -2.08. The number of carbonyl (C=O) groups excluding carboxylic acids is 2. The molecular weight excluding hydrogens is 571 g/mol. The van der Waals surface area contributed by atoms with Crippen LogP contribution in [0.15, 0.2) is 63.5 Å². The van der Waals surface area contributed by atoms with Crippen molar-refractivity contribution < 1.29 is 23.5 Å². The number of anilines is 1. The highest BCUT2D eigenvalue weighted by atomic mass is 79.9. The van der Waals surface area contributed by atoms with Gasteiger partial charge in [-0.05, 0) is 42.0 Å². The van der Waals surface area contributed by atoms with Gasteiger partial charge in [0.15, 0.2) is 11.0 Å². The summed E-state index contributed by atoms with van der Waals surface area (Å²) in [5.74, 6) is 0.0499. The standard InChI is InChI=1S/C24H20BrFN4O4S2/c1-30-19(11-34-17-9-5-15(25)6-10-17)28-29-24(30)36-13-20(31)27-22-21(23(32)33-2)18(12-35-22)14-3-7-16(26)8-4-14/h3-10,12H,11,13H2,1-2H3,(H,27,31). The fourth-order valence-electron chi connectivity index (χ4n) is 3.16. The number of carbonyl (C=O) groups is 2.